The molecule has 0 aliphatic carbocycles. The summed E-state index contributed by atoms with van der Waals surface area (Å²) in [7, 11) is 0. The van der Waals surface area contributed by atoms with Crippen LogP contribution >= 0.6 is 0 Å². The molecule has 0 radical (unpaired) electrons. The van der Waals surface area contributed by atoms with Crippen molar-refractivity contribution in [1.82, 2.24) is 5.32 Å². The molecule has 2 atom stereocenters. The minimum atomic E-state index is -0.860. The third kappa shape index (κ3) is 6.17. The number of urea groups is 1. The van der Waals surface area contributed by atoms with E-state index in [4.69, 9.17) is 15.2 Å². The first kappa shape index (κ1) is 18.2. The molecule has 2 rings (SSSR count). The van der Waals surface area contributed by atoms with E-state index in [0.717, 1.165) is 30.7 Å². The van der Waals surface area contributed by atoms with Crippen LogP contribution in [-0.4, -0.2) is 37.3 Å². The summed E-state index contributed by atoms with van der Waals surface area (Å²) in [4.78, 5) is 22.4. The van der Waals surface area contributed by atoms with Crippen LogP contribution in [0.5, 0.6) is 0 Å². The Morgan fingerprint density at radius 3 is 2.96 bits per heavy atom. The van der Waals surface area contributed by atoms with Gasteiger partial charge in [-0.2, -0.15) is 0 Å². The van der Waals surface area contributed by atoms with Crippen LogP contribution in [0.2, 0.25) is 0 Å². The maximum atomic E-state index is 11.7. The summed E-state index contributed by atoms with van der Waals surface area (Å²) in [6.07, 6.45) is 3.57. The van der Waals surface area contributed by atoms with Crippen molar-refractivity contribution >= 4 is 17.6 Å². The van der Waals surface area contributed by atoms with Crippen molar-refractivity contribution in [3.8, 4) is 0 Å². The maximum absolute atomic E-state index is 11.7. The number of amides is 3. The molecular formula is C17H25N3O4. The number of ether oxygens (including phenoxy) is 2. The van der Waals surface area contributed by atoms with E-state index in [9.17, 15) is 9.59 Å². The van der Waals surface area contributed by atoms with E-state index < -0.39 is 18.0 Å². The Hall–Kier alpha value is -2.12. The Bertz CT molecular complexity index is 559. The fourth-order valence-electron chi connectivity index (χ4n) is 2.54. The minimum absolute atomic E-state index is 0.192. The number of carbonyl (C=O) groups excluding carboxylic acids is 2. The summed E-state index contributed by atoms with van der Waals surface area (Å²) < 4.78 is 11.4. The normalized spacial score (nSPS) is 18.6. The average Bonchev–Trinajstić information content (AvgIpc) is 2.55. The van der Waals surface area contributed by atoms with E-state index >= 15 is 0 Å². The molecule has 7 nitrogen and oxygen atoms in total. The quantitative estimate of drug-likeness (QED) is 0.705. The molecule has 3 amide bonds. The number of anilines is 1. The molecular weight excluding hydrogens is 310 g/mol. The van der Waals surface area contributed by atoms with Crippen molar-refractivity contribution in [2.75, 3.05) is 18.5 Å². The molecule has 0 saturated carbocycles. The second-order valence-corrected chi connectivity index (χ2v) is 5.92. The average molecular weight is 335 g/mol. The minimum Gasteiger partial charge on any atom is -0.376 e. The molecule has 0 bridgehead atoms. The Kier molecular flexibility index (Phi) is 7.02. The molecule has 1 aromatic rings. The van der Waals surface area contributed by atoms with E-state index in [0.29, 0.717) is 13.2 Å². The van der Waals surface area contributed by atoms with Crippen molar-refractivity contribution in [2.24, 2.45) is 5.73 Å². The van der Waals surface area contributed by atoms with Crippen LogP contribution < -0.4 is 16.4 Å². The third-order valence-corrected chi connectivity index (χ3v) is 3.80. The standard InChI is InChI=1S/C17H25N3O4/c1-12(16(21)20-17(18)22)19-14-6-4-5-13(9-14)10-23-11-15-7-2-3-8-24-15/h4-6,9,12,15,19H,2-3,7-8,10-11H2,1H3,(H3,18,20,21,22)/t12-,15+/m1/s1. The van der Waals surface area contributed by atoms with Gasteiger partial charge >= 0.3 is 6.03 Å². The van der Waals surface area contributed by atoms with Crippen molar-refractivity contribution in [3.63, 3.8) is 0 Å². The van der Waals surface area contributed by atoms with Crippen LogP contribution in [0, 0.1) is 0 Å². The number of imide groups is 1. The summed E-state index contributed by atoms with van der Waals surface area (Å²) in [5, 5.41) is 5.07. The van der Waals surface area contributed by atoms with Crippen molar-refractivity contribution in [1.29, 1.82) is 0 Å². The zero-order chi connectivity index (χ0) is 17.4. The Labute approximate surface area is 141 Å². The lowest BCUT2D eigenvalue weighted by atomic mass is 10.1. The number of benzene rings is 1. The maximum Gasteiger partial charge on any atom is 0.318 e. The first-order chi connectivity index (χ1) is 11.5. The van der Waals surface area contributed by atoms with Gasteiger partial charge in [-0.15, -0.1) is 0 Å². The number of hydrogen-bond acceptors (Lipinski definition) is 5. The molecule has 0 spiro atoms. The van der Waals surface area contributed by atoms with Crippen molar-refractivity contribution < 1.29 is 19.1 Å². The van der Waals surface area contributed by atoms with Crippen LogP contribution in [0.25, 0.3) is 0 Å². The zero-order valence-electron chi connectivity index (χ0n) is 13.9. The summed E-state index contributed by atoms with van der Waals surface area (Å²) >= 11 is 0. The lowest BCUT2D eigenvalue weighted by molar-refractivity contribution is -0.120. The molecule has 1 fully saturated rings. The van der Waals surface area contributed by atoms with Gasteiger partial charge in [-0.25, -0.2) is 4.79 Å². The van der Waals surface area contributed by atoms with Crippen molar-refractivity contribution in [2.45, 2.75) is 44.9 Å². The van der Waals surface area contributed by atoms with Gasteiger partial charge in [0.1, 0.15) is 6.04 Å². The lowest BCUT2D eigenvalue weighted by Gasteiger charge is -2.22. The zero-order valence-corrected chi connectivity index (χ0v) is 13.9. The first-order valence-electron chi connectivity index (χ1n) is 8.19. The molecule has 0 aromatic heterocycles. The molecule has 1 aliphatic rings. The van der Waals surface area contributed by atoms with Gasteiger partial charge in [-0.05, 0) is 43.9 Å². The van der Waals surface area contributed by atoms with Crippen LogP contribution in [0.4, 0.5) is 10.5 Å². The summed E-state index contributed by atoms with van der Waals surface area (Å²) in [5.41, 5.74) is 6.71. The molecule has 0 unspecified atom stereocenters. The summed E-state index contributed by atoms with van der Waals surface area (Å²) in [5.74, 6) is -0.474. The fourth-order valence-corrected chi connectivity index (χ4v) is 2.54. The predicted molar refractivity (Wildman–Crippen MR) is 90.5 cm³/mol. The van der Waals surface area contributed by atoms with Gasteiger partial charge in [0.15, 0.2) is 0 Å². The highest BCUT2D eigenvalue weighted by Crippen LogP contribution is 2.15. The molecule has 24 heavy (non-hydrogen) atoms. The SMILES string of the molecule is C[C@@H](Nc1cccc(COC[C@@H]2CCCCO2)c1)C(=O)NC(N)=O. The first-order valence-corrected chi connectivity index (χ1v) is 8.19. The van der Waals surface area contributed by atoms with Gasteiger partial charge < -0.3 is 20.5 Å². The highest BCUT2D eigenvalue weighted by atomic mass is 16.5. The summed E-state index contributed by atoms with van der Waals surface area (Å²) in [6, 6.07) is 6.17. The lowest BCUT2D eigenvalue weighted by Crippen LogP contribution is -2.43. The number of hydrogen-bond donors (Lipinski definition) is 3. The number of carbonyl (C=O) groups is 2. The number of nitrogens with one attached hydrogen (secondary N) is 2. The van der Waals surface area contributed by atoms with Crippen LogP contribution in [0.15, 0.2) is 24.3 Å². The second-order valence-electron chi connectivity index (χ2n) is 5.92. The Balaban J connectivity index is 1.79. The van der Waals surface area contributed by atoms with Crippen molar-refractivity contribution in [3.05, 3.63) is 29.8 Å². The third-order valence-electron chi connectivity index (χ3n) is 3.80. The van der Waals surface area contributed by atoms with Crippen LogP contribution in [0.1, 0.15) is 31.7 Å². The van der Waals surface area contributed by atoms with Gasteiger partial charge in [0, 0.05) is 12.3 Å². The van der Waals surface area contributed by atoms with Crippen LogP contribution in [0.3, 0.4) is 0 Å². The Morgan fingerprint density at radius 2 is 2.25 bits per heavy atom. The van der Waals surface area contributed by atoms with Gasteiger partial charge in [0.2, 0.25) is 5.91 Å². The van der Waals surface area contributed by atoms with E-state index in [1.807, 2.05) is 29.6 Å². The molecule has 1 heterocycles. The molecule has 132 valence electrons. The van der Waals surface area contributed by atoms with E-state index in [-0.39, 0.29) is 6.10 Å². The second kappa shape index (κ2) is 9.24. The molecule has 4 N–H and O–H groups in total. The van der Waals surface area contributed by atoms with Crippen LogP contribution in [-0.2, 0) is 20.9 Å². The highest BCUT2D eigenvalue weighted by molar-refractivity contribution is 5.97. The monoisotopic (exact) mass is 335 g/mol. The summed E-state index contributed by atoms with van der Waals surface area (Å²) in [6.45, 7) is 3.55. The van der Waals surface area contributed by atoms with Gasteiger partial charge in [0.25, 0.3) is 0 Å². The van der Waals surface area contributed by atoms with E-state index in [1.165, 1.54) is 6.42 Å². The molecule has 1 aromatic carbocycles. The van der Waals surface area contributed by atoms with E-state index in [1.54, 1.807) is 6.92 Å². The van der Waals surface area contributed by atoms with Gasteiger partial charge in [-0.3, -0.25) is 10.1 Å². The smallest absolute Gasteiger partial charge is 0.318 e. The Morgan fingerprint density at radius 1 is 1.42 bits per heavy atom. The molecule has 7 heteroatoms. The topological polar surface area (TPSA) is 103 Å². The number of rotatable bonds is 7. The largest absolute Gasteiger partial charge is 0.376 e. The number of primary amides is 1. The van der Waals surface area contributed by atoms with E-state index in [2.05, 4.69) is 5.32 Å². The highest BCUT2D eigenvalue weighted by Gasteiger charge is 2.15. The molecule has 1 aliphatic heterocycles. The fraction of sp³-hybridized carbons (Fsp3) is 0.529. The van der Waals surface area contributed by atoms with Gasteiger partial charge in [0.05, 0.1) is 19.3 Å². The molecule has 1 saturated heterocycles. The van der Waals surface area contributed by atoms with Gasteiger partial charge in [-0.1, -0.05) is 12.1 Å². The predicted octanol–water partition coefficient (Wildman–Crippen LogP) is 1.77. The number of nitrogens with two attached hydrogens (primary N) is 1.